The first-order valence-electron chi connectivity index (χ1n) is 7.82. The predicted octanol–water partition coefficient (Wildman–Crippen LogP) is 2.37. The Bertz CT molecular complexity index is 782. The minimum atomic E-state index is -4.79. The number of hydrogen-bond acceptors (Lipinski definition) is 5. The summed E-state index contributed by atoms with van der Waals surface area (Å²) in [7, 11) is 0. The first-order chi connectivity index (χ1) is 11.6. The molecule has 3 rings (SSSR count). The highest BCUT2D eigenvalue weighted by Gasteiger charge is 2.59. The second kappa shape index (κ2) is 5.99. The molecule has 2 aliphatic rings. The van der Waals surface area contributed by atoms with Gasteiger partial charge in [-0.15, -0.1) is 0 Å². The van der Waals surface area contributed by atoms with Crippen LogP contribution in [0.25, 0.3) is 0 Å². The molecule has 0 bridgehead atoms. The van der Waals surface area contributed by atoms with E-state index in [9.17, 15) is 28.3 Å². The number of rotatable bonds is 4. The monoisotopic (exact) mass is 420 g/mol. The maximum absolute atomic E-state index is 13.1. The number of anilines is 1. The van der Waals surface area contributed by atoms with E-state index in [1.807, 2.05) is 0 Å². The van der Waals surface area contributed by atoms with E-state index >= 15 is 0 Å². The number of aromatic nitrogens is 2. The molecule has 3 atom stereocenters. The summed E-state index contributed by atoms with van der Waals surface area (Å²) in [6, 6.07) is 0.180. The van der Waals surface area contributed by atoms with E-state index in [0.717, 1.165) is 24.4 Å². The molecule has 10 heteroatoms. The van der Waals surface area contributed by atoms with Crippen LogP contribution < -0.4 is 10.5 Å². The van der Waals surface area contributed by atoms with Crippen LogP contribution in [0.3, 0.4) is 0 Å². The summed E-state index contributed by atoms with van der Waals surface area (Å²) in [5.74, 6) is 0.0793. The van der Waals surface area contributed by atoms with Gasteiger partial charge in [-0.25, -0.2) is 4.68 Å². The van der Waals surface area contributed by atoms with E-state index in [-0.39, 0.29) is 29.0 Å². The molecular weight excluding hydrogens is 405 g/mol. The van der Waals surface area contributed by atoms with Gasteiger partial charge in [0.2, 0.25) is 0 Å². The van der Waals surface area contributed by atoms with Crippen molar-refractivity contribution in [3.05, 3.63) is 21.0 Å². The SMILES string of the molecule is C[C@@](O)([C@H]1CCN1c1cnn([C@@H](C#N)C2CC2)c(=O)c1Br)C(F)(F)F. The van der Waals surface area contributed by atoms with Gasteiger partial charge in [0.1, 0.15) is 10.5 Å². The topological polar surface area (TPSA) is 82.2 Å². The second-order valence-electron chi connectivity index (χ2n) is 6.65. The van der Waals surface area contributed by atoms with Crippen molar-refractivity contribution in [1.29, 1.82) is 5.26 Å². The average Bonchev–Trinajstić information content (AvgIpc) is 3.28. The Balaban J connectivity index is 1.93. The minimum Gasteiger partial charge on any atom is -0.379 e. The molecule has 25 heavy (non-hydrogen) atoms. The smallest absolute Gasteiger partial charge is 0.379 e. The van der Waals surface area contributed by atoms with E-state index < -0.39 is 29.4 Å². The molecule has 1 aromatic rings. The van der Waals surface area contributed by atoms with Crippen LogP contribution >= 0.6 is 15.9 Å². The van der Waals surface area contributed by atoms with Crippen molar-refractivity contribution < 1.29 is 18.3 Å². The molecule has 0 aromatic carbocycles. The lowest BCUT2D eigenvalue weighted by Gasteiger charge is -2.50. The molecule has 1 aromatic heterocycles. The molecule has 136 valence electrons. The molecule has 2 fully saturated rings. The third kappa shape index (κ3) is 2.93. The Hall–Kier alpha value is -1.60. The van der Waals surface area contributed by atoms with Crippen molar-refractivity contribution >= 4 is 21.6 Å². The van der Waals surface area contributed by atoms with Crippen LogP contribution in [-0.4, -0.2) is 39.3 Å². The molecule has 1 aliphatic carbocycles. The molecule has 0 radical (unpaired) electrons. The van der Waals surface area contributed by atoms with Gasteiger partial charge in [-0.05, 0) is 48.0 Å². The maximum atomic E-state index is 13.1. The van der Waals surface area contributed by atoms with Crippen LogP contribution in [0.5, 0.6) is 0 Å². The molecule has 1 saturated carbocycles. The highest BCUT2D eigenvalue weighted by atomic mass is 79.9. The molecule has 1 aliphatic heterocycles. The highest BCUT2D eigenvalue weighted by Crippen LogP contribution is 2.43. The summed E-state index contributed by atoms with van der Waals surface area (Å²) in [5, 5.41) is 23.1. The summed E-state index contributed by atoms with van der Waals surface area (Å²) in [6.45, 7) is 0.996. The lowest BCUT2D eigenvalue weighted by molar-refractivity contribution is -0.264. The largest absolute Gasteiger partial charge is 0.418 e. The summed E-state index contributed by atoms with van der Waals surface area (Å²) in [5.41, 5.74) is -3.27. The van der Waals surface area contributed by atoms with Crippen LogP contribution in [0, 0.1) is 17.2 Å². The number of alkyl halides is 3. The Labute approximate surface area is 150 Å². The van der Waals surface area contributed by atoms with Gasteiger partial charge in [-0.1, -0.05) is 0 Å². The zero-order valence-electron chi connectivity index (χ0n) is 13.3. The summed E-state index contributed by atoms with van der Waals surface area (Å²) < 4.78 is 40.4. The summed E-state index contributed by atoms with van der Waals surface area (Å²) in [4.78, 5) is 13.8. The first-order valence-corrected chi connectivity index (χ1v) is 8.61. The van der Waals surface area contributed by atoms with Gasteiger partial charge in [0.05, 0.1) is 24.0 Å². The van der Waals surface area contributed by atoms with Crippen molar-refractivity contribution in [3.63, 3.8) is 0 Å². The first kappa shape index (κ1) is 18.2. The van der Waals surface area contributed by atoms with Gasteiger partial charge in [-0.3, -0.25) is 4.79 Å². The van der Waals surface area contributed by atoms with Crippen LogP contribution in [0.15, 0.2) is 15.5 Å². The zero-order valence-corrected chi connectivity index (χ0v) is 14.9. The van der Waals surface area contributed by atoms with Gasteiger partial charge in [0.15, 0.2) is 5.60 Å². The fraction of sp³-hybridized carbons (Fsp3) is 0.667. The van der Waals surface area contributed by atoms with Crippen LogP contribution in [0.2, 0.25) is 0 Å². The molecule has 1 saturated heterocycles. The lowest BCUT2D eigenvalue weighted by Crippen LogP contribution is -2.66. The van der Waals surface area contributed by atoms with Crippen LogP contribution in [0.4, 0.5) is 18.9 Å². The maximum Gasteiger partial charge on any atom is 0.418 e. The van der Waals surface area contributed by atoms with Crippen molar-refractivity contribution in [2.45, 2.75) is 50.0 Å². The average molecular weight is 421 g/mol. The molecule has 1 N–H and O–H groups in total. The van der Waals surface area contributed by atoms with E-state index in [1.165, 1.54) is 11.1 Å². The molecule has 0 unspecified atom stereocenters. The Kier molecular flexibility index (Phi) is 4.36. The van der Waals surface area contributed by atoms with E-state index in [1.54, 1.807) is 0 Å². The summed E-state index contributed by atoms with van der Waals surface area (Å²) >= 11 is 3.13. The van der Waals surface area contributed by atoms with Gasteiger partial charge < -0.3 is 10.0 Å². The lowest BCUT2D eigenvalue weighted by atomic mass is 9.85. The Morgan fingerprint density at radius 3 is 2.52 bits per heavy atom. The molecule has 2 heterocycles. The zero-order chi connectivity index (χ0) is 18.6. The Morgan fingerprint density at radius 1 is 1.44 bits per heavy atom. The van der Waals surface area contributed by atoms with E-state index in [0.29, 0.717) is 0 Å². The van der Waals surface area contributed by atoms with Gasteiger partial charge in [-0.2, -0.15) is 23.5 Å². The highest BCUT2D eigenvalue weighted by molar-refractivity contribution is 9.10. The fourth-order valence-corrected chi connectivity index (χ4v) is 3.57. The number of aliphatic hydroxyl groups is 1. The molecule has 0 spiro atoms. The van der Waals surface area contributed by atoms with Gasteiger partial charge >= 0.3 is 6.18 Å². The molecular formula is C15H16BrF3N4O2. The molecule has 6 nitrogen and oxygen atoms in total. The van der Waals surface area contributed by atoms with E-state index in [4.69, 9.17) is 0 Å². The van der Waals surface area contributed by atoms with Crippen LogP contribution in [-0.2, 0) is 0 Å². The fourth-order valence-electron chi connectivity index (χ4n) is 3.06. The van der Waals surface area contributed by atoms with Gasteiger partial charge in [0, 0.05) is 6.54 Å². The van der Waals surface area contributed by atoms with Crippen molar-refractivity contribution in [2.75, 3.05) is 11.4 Å². The van der Waals surface area contributed by atoms with Crippen molar-refractivity contribution in [3.8, 4) is 6.07 Å². The van der Waals surface area contributed by atoms with Crippen molar-refractivity contribution in [1.82, 2.24) is 9.78 Å². The summed E-state index contributed by atoms with van der Waals surface area (Å²) in [6.07, 6.45) is -1.69. The Morgan fingerprint density at radius 2 is 2.08 bits per heavy atom. The number of nitriles is 1. The normalized spacial score (nSPS) is 24.2. The standard InChI is InChI=1S/C15H16BrF3N4O2/c1-14(25,15(17,18)19)11-4-5-22(11)10-7-21-23(13(24)12(10)16)9(6-20)8-2-3-8/h7-9,11,25H,2-5H2,1H3/t9-,11+,14+/m0/s1. The van der Waals surface area contributed by atoms with Crippen LogP contribution in [0.1, 0.15) is 32.2 Å². The third-order valence-electron chi connectivity index (χ3n) is 4.94. The predicted molar refractivity (Wildman–Crippen MR) is 86.0 cm³/mol. The number of halogens is 4. The number of hydrogen-bond donors (Lipinski definition) is 1. The van der Waals surface area contributed by atoms with Crippen molar-refractivity contribution in [2.24, 2.45) is 5.92 Å². The molecule has 0 amide bonds. The third-order valence-corrected chi connectivity index (χ3v) is 5.69. The number of nitrogens with zero attached hydrogens (tertiary/aromatic N) is 4. The van der Waals surface area contributed by atoms with E-state index in [2.05, 4.69) is 27.1 Å². The second-order valence-corrected chi connectivity index (χ2v) is 7.44. The van der Waals surface area contributed by atoms with Gasteiger partial charge in [0.25, 0.3) is 5.56 Å². The quantitative estimate of drug-likeness (QED) is 0.808. The minimum absolute atomic E-state index is 0.0473.